The number of carbonyl (C=O) groups excluding carboxylic acids is 2. The number of hydrogen-bond donors (Lipinski definition) is 1. The third-order valence-electron chi connectivity index (χ3n) is 7.86. The highest BCUT2D eigenvalue weighted by Gasteiger charge is 2.51. The number of nitrogens with zero attached hydrogens (tertiary/aromatic N) is 1. The first-order chi connectivity index (χ1) is 16.8. The van der Waals surface area contributed by atoms with E-state index in [9.17, 15) is 9.59 Å². The molecule has 9 heteroatoms. The van der Waals surface area contributed by atoms with Crippen LogP contribution in [-0.4, -0.2) is 54.4 Å². The van der Waals surface area contributed by atoms with Gasteiger partial charge in [0.1, 0.15) is 4.32 Å². The molecule has 0 unspecified atom stereocenters. The predicted octanol–water partition coefficient (Wildman–Crippen LogP) is 4.39. The molecule has 0 spiro atoms. The van der Waals surface area contributed by atoms with Gasteiger partial charge in [0, 0.05) is 18.5 Å². The second-order valence-corrected chi connectivity index (χ2v) is 12.0. The highest BCUT2D eigenvalue weighted by molar-refractivity contribution is 8.26. The van der Waals surface area contributed by atoms with Crippen LogP contribution in [0.25, 0.3) is 6.08 Å². The van der Waals surface area contributed by atoms with Gasteiger partial charge < -0.3 is 19.5 Å². The van der Waals surface area contributed by atoms with Gasteiger partial charge >= 0.3 is 0 Å². The zero-order valence-corrected chi connectivity index (χ0v) is 22.1. The van der Waals surface area contributed by atoms with Gasteiger partial charge in [-0.05, 0) is 80.1 Å². The van der Waals surface area contributed by atoms with Crippen molar-refractivity contribution in [1.82, 2.24) is 10.2 Å². The summed E-state index contributed by atoms with van der Waals surface area (Å²) in [7, 11) is 4.65. The van der Waals surface area contributed by atoms with E-state index in [1.165, 1.54) is 35.9 Å². The molecule has 1 aromatic carbocycles. The Labute approximate surface area is 215 Å². The van der Waals surface area contributed by atoms with Crippen molar-refractivity contribution in [3.05, 3.63) is 22.6 Å². The largest absolute Gasteiger partial charge is 0.493 e. The number of carbonyl (C=O) groups is 2. The minimum atomic E-state index is -0.184. The van der Waals surface area contributed by atoms with Crippen molar-refractivity contribution < 1.29 is 23.8 Å². The molecule has 1 aromatic rings. The molecule has 1 N–H and O–H groups in total. The van der Waals surface area contributed by atoms with Gasteiger partial charge in [-0.1, -0.05) is 24.0 Å². The zero-order chi connectivity index (χ0) is 24.7. The van der Waals surface area contributed by atoms with E-state index < -0.39 is 0 Å². The van der Waals surface area contributed by atoms with E-state index in [1.54, 1.807) is 39.5 Å². The van der Waals surface area contributed by atoms with Crippen molar-refractivity contribution in [2.75, 3.05) is 27.9 Å². The summed E-state index contributed by atoms with van der Waals surface area (Å²) in [4.78, 5) is 28.1. The molecule has 1 saturated heterocycles. The van der Waals surface area contributed by atoms with E-state index in [0.29, 0.717) is 26.5 Å². The van der Waals surface area contributed by atoms with Gasteiger partial charge in [-0.2, -0.15) is 0 Å². The number of hydrogen-bond acceptors (Lipinski definition) is 7. The lowest BCUT2D eigenvalue weighted by Crippen LogP contribution is -2.60. The zero-order valence-electron chi connectivity index (χ0n) is 20.4. The van der Waals surface area contributed by atoms with E-state index in [1.807, 2.05) is 0 Å². The molecule has 35 heavy (non-hydrogen) atoms. The van der Waals surface area contributed by atoms with Crippen LogP contribution >= 0.6 is 24.0 Å². The van der Waals surface area contributed by atoms with Crippen LogP contribution in [0.2, 0.25) is 0 Å². The van der Waals surface area contributed by atoms with Crippen molar-refractivity contribution in [3.63, 3.8) is 0 Å². The van der Waals surface area contributed by atoms with E-state index in [2.05, 4.69) is 5.32 Å². The van der Waals surface area contributed by atoms with Gasteiger partial charge in [-0.25, -0.2) is 0 Å². The Hall–Kier alpha value is -2.26. The molecular formula is C26H32N2O5S2. The number of ether oxygens (including phenoxy) is 3. The van der Waals surface area contributed by atoms with E-state index in [-0.39, 0.29) is 30.3 Å². The summed E-state index contributed by atoms with van der Waals surface area (Å²) < 4.78 is 16.7. The number of thioether (sulfide) groups is 1. The fourth-order valence-electron chi connectivity index (χ4n) is 6.86. The van der Waals surface area contributed by atoms with Crippen LogP contribution in [0, 0.1) is 17.8 Å². The summed E-state index contributed by atoms with van der Waals surface area (Å²) in [5.74, 6) is 3.66. The predicted molar refractivity (Wildman–Crippen MR) is 140 cm³/mol. The first-order valence-electron chi connectivity index (χ1n) is 12.2. The Morgan fingerprint density at radius 2 is 1.66 bits per heavy atom. The van der Waals surface area contributed by atoms with Gasteiger partial charge in [0.2, 0.25) is 11.7 Å². The molecule has 0 radical (unpaired) electrons. The standard InChI is InChI=1S/C26H32N2O5S2/c1-31-19-9-15(10-20(32-2)23(19)33-3)11-21-24(30)28(25(34)35-21)5-4-22(29)27-26-12-16-6-17(13-26)8-18(7-16)14-26/h9-11,16-18H,4-8,12-14H2,1-3H3,(H,27,29). The van der Waals surface area contributed by atoms with Crippen LogP contribution in [-0.2, 0) is 9.59 Å². The van der Waals surface area contributed by atoms with Crippen LogP contribution in [0.15, 0.2) is 17.0 Å². The fourth-order valence-corrected chi connectivity index (χ4v) is 8.17. The molecule has 1 aliphatic heterocycles. The summed E-state index contributed by atoms with van der Waals surface area (Å²) >= 11 is 6.72. The van der Waals surface area contributed by atoms with E-state index in [4.69, 9.17) is 26.4 Å². The van der Waals surface area contributed by atoms with Crippen molar-refractivity contribution in [1.29, 1.82) is 0 Å². The maximum absolute atomic E-state index is 13.1. The summed E-state index contributed by atoms with van der Waals surface area (Å²) in [6, 6.07) is 3.57. The second-order valence-electron chi connectivity index (χ2n) is 10.3. The molecule has 5 fully saturated rings. The number of benzene rings is 1. The molecule has 188 valence electrons. The minimum Gasteiger partial charge on any atom is -0.493 e. The van der Waals surface area contributed by atoms with Crippen molar-refractivity contribution >= 4 is 46.2 Å². The molecule has 0 atom stereocenters. The van der Waals surface area contributed by atoms with Gasteiger partial charge in [0.05, 0.1) is 26.2 Å². The van der Waals surface area contributed by atoms with Crippen LogP contribution in [0.1, 0.15) is 50.5 Å². The highest BCUT2D eigenvalue weighted by atomic mass is 32.2. The Morgan fingerprint density at radius 3 is 2.17 bits per heavy atom. The van der Waals surface area contributed by atoms with Gasteiger partial charge in [0.15, 0.2) is 11.5 Å². The first-order valence-corrected chi connectivity index (χ1v) is 13.4. The van der Waals surface area contributed by atoms with Gasteiger partial charge in [-0.15, -0.1) is 0 Å². The third-order valence-corrected chi connectivity index (χ3v) is 9.24. The minimum absolute atomic E-state index is 0.0202. The monoisotopic (exact) mass is 516 g/mol. The third kappa shape index (κ3) is 4.77. The highest BCUT2D eigenvalue weighted by Crippen LogP contribution is 2.55. The number of nitrogens with one attached hydrogen (secondary N) is 1. The average Bonchev–Trinajstić information content (AvgIpc) is 3.07. The topological polar surface area (TPSA) is 77.1 Å². The first kappa shape index (κ1) is 24.4. The lowest BCUT2D eigenvalue weighted by atomic mass is 9.53. The quantitative estimate of drug-likeness (QED) is 0.406. The maximum atomic E-state index is 13.1. The smallest absolute Gasteiger partial charge is 0.266 e. The summed E-state index contributed by atoms with van der Waals surface area (Å²) in [6.45, 7) is 0.287. The number of amides is 2. The van der Waals surface area contributed by atoms with Crippen LogP contribution < -0.4 is 19.5 Å². The SMILES string of the molecule is COc1cc(C=C2SC(=S)N(CCC(=O)NC34CC5CC(CC(C5)C3)C4)C2=O)cc(OC)c1OC. The lowest BCUT2D eigenvalue weighted by Gasteiger charge is -2.57. The molecule has 2 amide bonds. The second kappa shape index (κ2) is 9.65. The summed E-state index contributed by atoms with van der Waals surface area (Å²) in [5.41, 5.74) is 0.716. The Kier molecular flexibility index (Phi) is 6.74. The molecule has 6 rings (SSSR count). The molecule has 7 nitrogen and oxygen atoms in total. The molecule has 0 aromatic heterocycles. The Bertz CT molecular complexity index is 1030. The van der Waals surface area contributed by atoms with Crippen LogP contribution in [0.5, 0.6) is 17.2 Å². The maximum Gasteiger partial charge on any atom is 0.266 e. The normalized spacial score (nSPS) is 30.2. The number of rotatable bonds is 8. The van der Waals surface area contributed by atoms with Crippen molar-refractivity contribution in [2.45, 2.75) is 50.5 Å². The number of thiocarbonyl (C=S) groups is 1. The number of methoxy groups -OCH3 is 3. The molecule has 4 aliphatic carbocycles. The Balaban J connectivity index is 1.23. The van der Waals surface area contributed by atoms with Crippen LogP contribution in [0.4, 0.5) is 0 Å². The summed E-state index contributed by atoms with van der Waals surface area (Å²) in [6.07, 6.45) is 9.37. The van der Waals surface area contributed by atoms with Gasteiger partial charge in [-0.3, -0.25) is 14.5 Å². The fraction of sp³-hybridized carbons (Fsp3) is 0.577. The molecule has 4 saturated carbocycles. The molecule has 1 heterocycles. The van der Waals surface area contributed by atoms with E-state index >= 15 is 0 Å². The van der Waals surface area contributed by atoms with E-state index in [0.717, 1.165) is 42.6 Å². The van der Waals surface area contributed by atoms with Crippen molar-refractivity contribution in [2.24, 2.45) is 17.8 Å². The Morgan fingerprint density at radius 1 is 1.09 bits per heavy atom. The average molecular weight is 517 g/mol. The van der Waals surface area contributed by atoms with Gasteiger partial charge in [0.25, 0.3) is 5.91 Å². The summed E-state index contributed by atoms with van der Waals surface area (Å²) in [5, 5.41) is 3.38. The molecular weight excluding hydrogens is 484 g/mol. The molecule has 5 aliphatic rings. The lowest BCUT2D eigenvalue weighted by molar-refractivity contribution is -0.127. The van der Waals surface area contributed by atoms with Crippen LogP contribution in [0.3, 0.4) is 0 Å². The molecule has 4 bridgehead atoms. The van der Waals surface area contributed by atoms with Crippen molar-refractivity contribution in [3.8, 4) is 17.2 Å².